The zero-order valence-electron chi connectivity index (χ0n) is 12.2. The van der Waals surface area contributed by atoms with Crippen LogP contribution in [0.15, 0.2) is 12.1 Å². The third-order valence-electron chi connectivity index (χ3n) is 2.66. The molecule has 1 rings (SSSR count). The molecule has 0 unspecified atom stereocenters. The minimum absolute atomic E-state index is 0.617. The van der Waals surface area contributed by atoms with Gasteiger partial charge in [0.2, 0.25) is 5.88 Å². The highest BCUT2D eigenvalue weighted by molar-refractivity contribution is 5.43. The third kappa shape index (κ3) is 4.53. The summed E-state index contributed by atoms with van der Waals surface area (Å²) in [6, 6.07) is 4.11. The number of aromatic nitrogens is 1. The van der Waals surface area contributed by atoms with Crippen molar-refractivity contribution in [2.75, 3.05) is 38.7 Å². The summed E-state index contributed by atoms with van der Waals surface area (Å²) in [6.45, 7) is 8.89. The molecule has 18 heavy (non-hydrogen) atoms. The summed E-state index contributed by atoms with van der Waals surface area (Å²) in [5.74, 6) is 2.32. The van der Waals surface area contributed by atoms with Gasteiger partial charge in [-0.25, -0.2) is 0 Å². The maximum atomic E-state index is 5.67. The summed E-state index contributed by atoms with van der Waals surface area (Å²) in [7, 11) is 3.98. The molecule has 0 bridgehead atoms. The minimum Gasteiger partial charge on any atom is -0.476 e. The van der Waals surface area contributed by atoms with Gasteiger partial charge >= 0.3 is 0 Å². The molecule has 0 aromatic carbocycles. The van der Waals surface area contributed by atoms with Gasteiger partial charge in [-0.05, 0) is 26.0 Å². The van der Waals surface area contributed by atoms with Gasteiger partial charge in [-0.2, -0.15) is 4.98 Å². The average Bonchev–Trinajstić information content (AvgIpc) is 2.30. The Labute approximate surface area is 110 Å². The first-order chi connectivity index (χ1) is 8.54. The van der Waals surface area contributed by atoms with Gasteiger partial charge in [0, 0.05) is 25.7 Å². The second-order valence-corrected chi connectivity index (χ2v) is 5.02. The first kappa shape index (κ1) is 14.8. The van der Waals surface area contributed by atoms with Crippen LogP contribution in [0.5, 0.6) is 5.88 Å². The number of aryl methyl sites for hydroxylation is 1. The molecule has 0 aliphatic heterocycles. The normalized spacial score (nSPS) is 10.8. The average molecular weight is 251 g/mol. The van der Waals surface area contributed by atoms with Crippen LogP contribution < -0.4 is 15.0 Å². The summed E-state index contributed by atoms with van der Waals surface area (Å²) < 4.78 is 5.67. The van der Waals surface area contributed by atoms with E-state index in [2.05, 4.69) is 42.2 Å². The lowest BCUT2D eigenvalue weighted by molar-refractivity contribution is 0.304. The molecule has 1 N–H and O–H groups in total. The molecule has 1 heterocycles. The number of hydrogen-bond acceptors (Lipinski definition) is 4. The van der Waals surface area contributed by atoms with Crippen molar-refractivity contribution in [1.82, 2.24) is 10.3 Å². The van der Waals surface area contributed by atoms with Gasteiger partial charge in [0.1, 0.15) is 12.4 Å². The van der Waals surface area contributed by atoms with Crippen LogP contribution in [-0.4, -0.2) is 38.8 Å². The monoisotopic (exact) mass is 251 g/mol. The van der Waals surface area contributed by atoms with E-state index < -0.39 is 0 Å². The molecule has 4 heteroatoms. The largest absolute Gasteiger partial charge is 0.476 e. The Morgan fingerprint density at radius 3 is 2.72 bits per heavy atom. The second-order valence-electron chi connectivity index (χ2n) is 5.02. The number of anilines is 1. The van der Waals surface area contributed by atoms with E-state index >= 15 is 0 Å². The van der Waals surface area contributed by atoms with Crippen LogP contribution in [0.3, 0.4) is 0 Å². The maximum absolute atomic E-state index is 5.67. The number of nitrogens with one attached hydrogen (secondary N) is 1. The van der Waals surface area contributed by atoms with E-state index in [4.69, 9.17) is 4.74 Å². The fraction of sp³-hybridized carbons (Fsp3) is 0.643. The Kier molecular flexibility index (Phi) is 5.92. The van der Waals surface area contributed by atoms with Crippen molar-refractivity contribution in [2.45, 2.75) is 20.8 Å². The first-order valence-electron chi connectivity index (χ1n) is 6.50. The van der Waals surface area contributed by atoms with E-state index in [1.165, 1.54) is 0 Å². The van der Waals surface area contributed by atoms with Gasteiger partial charge in [0.05, 0.1) is 0 Å². The first-order valence-corrected chi connectivity index (χ1v) is 6.50. The lowest BCUT2D eigenvalue weighted by atomic mass is 10.2. The number of rotatable bonds is 7. The quantitative estimate of drug-likeness (QED) is 0.753. The van der Waals surface area contributed by atoms with Gasteiger partial charge in [-0.15, -0.1) is 0 Å². The van der Waals surface area contributed by atoms with E-state index in [1.807, 2.05) is 20.0 Å². The van der Waals surface area contributed by atoms with Crippen molar-refractivity contribution in [3.63, 3.8) is 0 Å². The molecule has 0 aliphatic carbocycles. The fourth-order valence-electron chi connectivity index (χ4n) is 1.75. The Morgan fingerprint density at radius 1 is 1.39 bits per heavy atom. The molecule has 0 fully saturated rings. The van der Waals surface area contributed by atoms with Crippen LogP contribution in [-0.2, 0) is 0 Å². The minimum atomic E-state index is 0.617. The Morgan fingerprint density at radius 2 is 2.11 bits per heavy atom. The molecule has 1 aromatic heterocycles. The summed E-state index contributed by atoms with van der Waals surface area (Å²) in [5, 5.41) is 3.06. The highest BCUT2D eigenvalue weighted by Gasteiger charge is 2.08. The zero-order valence-corrected chi connectivity index (χ0v) is 12.2. The Hall–Kier alpha value is -1.29. The van der Waals surface area contributed by atoms with Crippen molar-refractivity contribution in [1.29, 1.82) is 0 Å². The predicted molar refractivity (Wildman–Crippen MR) is 76.5 cm³/mol. The smallest absolute Gasteiger partial charge is 0.218 e. The molecule has 4 nitrogen and oxygen atoms in total. The van der Waals surface area contributed by atoms with Crippen LogP contribution >= 0.6 is 0 Å². The van der Waals surface area contributed by atoms with Crippen molar-refractivity contribution < 1.29 is 4.74 Å². The fourth-order valence-corrected chi connectivity index (χ4v) is 1.75. The molecule has 0 saturated heterocycles. The number of pyridine rings is 1. The van der Waals surface area contributed by atoms with Gasteiger partial charge < -0.3 is 15.0 Å². The van der Waals surface area contributed by atoms with Crippen LogP contribution in [0.25, 0.3) is 0 Å². The van der Waals surface area contributed by atoms with E-state index in [0.717, 1.165) is 30.4 Å². The zero-order chi connectivity index (χ0) is 13.5. The highest BCUT2D eigenvalue weighted by atomic mass is 16.5. The Bertz CT molecular complexity index is 366. The van der Waals surface area contributed by atoms with Crippen molar-refractivity contribution in [3.05, 3.63) is 17.7 Å². The molecule has 0 aliphatic rings. The number of hydrogen-bond donors (Lipinski definition) is 1. The topological polar surface area (TPSA) is 37.4 Å². The molecule has 1 aromatic rings. The van der Waals surface area contributed by atoms with Crippen LogP contribution in [0.4, 0.5) is 5.82 Å². The second kappa shape index (κ2) is 7.21. The Balaban J connectivity index is 2.73. The van der Waals surface area contributed by atoms with E-state index in [-0.39, 0.29) is 0 Å². The molecular weight excluding hydrogens is 226 g/mol. The lowest BCUT2D eigenvalue weighted by Crippen LogP contribution is -2.24. The van der Waals surface area contributed by atoms with E-state index in [9.17, 15) is 0 Å². The van der Waals surface area contributed by atoms with Gasteiger partial charge in [0.25, 0.3) is 0 Å². The predicted octanol–water partition coefficient (Wildman–Crippen LogP) is 2.08. The number of nitrogens with zero attached hydrogens (tertiary/aromatic N) is 2. The number of ether oxygens (including phenoxy) is 1. The van der Waals surface area contributed by atoms with Gasteiger partial charge in [0.15, 0.2) is 0 Å². The van der Waals surface area contributed by atoms with Crippen molar-refractivity contribution in [3.8, 4) is 5.88 Å². The summed E-state index contributed by atoms with van der Waals surface area (Å²) >= 11 is 0. The SMILES string of the molecule is CNCCOc1nc(N(C)CC(C)C)ccc1C. The maximum Gasteiger partial charge on any atom is 0.218 e. The van der Waals surface area contributed by atoms with Crippen LogP contribution in [0, 0.1) is 12.8 Å². The number of likely N-dealkylation sites (N-methyl/N-ethyl adjacent to an activating group) is 1. The van der Waals surface area contributed by atoms with Gasteiger partial charge in [-0.3, -0.25) is 0 Å². The molecule has 0 radical (unpaired) electrons. The summed E-state index contributed by atoms with van der Waals surface area (Å²) in [5.41, 5.74) is 1.08. The summed E-state index contributed by atoms with van der Waals surface area (Å²) in [4.78, 5) is 6.73. The molecule has 0 atom stereocenters. The van der Waals surface area contributed by atoms with Crippen molar-refractivity contribution >= 4 is 5.82 Å². The van der Waals surface area contributed by atoms with E-state index in [0.29, 0.717) is 12.5 Å². The highest BCUT2D eigenvalue weighted by Crippen LogP contribution is 2.20. The molecule has 0 spiro atoms. The third-order valence-corrected chi connectivity index (χ3v) is 2.66. The molecule has 102 valence electrons. The van der Waals surface area contributed by atoms with Crippen molar-refractivity contribution in [2.24, 2.45) is 5.92 Å². The standard InChI is InChI=1S/C14H25N3O/c1-11(2)10-17(5)13-7-6-12(3)14(16-13)18-9-8-15-4/h6-7,11,15H,8-10H2,1-5H3. The van der Waals surface area contributed by atoms with Gasteiger partial charge in [-0.1, -0.05) is 19.9 Å². The van der Waals surface area contributed by atoms with Crippen LogP contribution in [0.2, 0.25) is 0 Å². The molecule has 0 amide bonds. The molecule has 0 saturated carbocycles. The lowest BCUT2D eigenvalue weighted by Gasteiger charge is -2.21. The van der Waals surface area contributed by atoms with E-state index in [1.54, 1.807) is 0 Å². The summed E-state index contributed by atoms with van der Waals surface area (Å²) in [6.07, 6.45) is 0. The van der Waals surface area contributed by atoms with Crippen LogP contribution in [0.1, 0.15) is 19.4 Å². The molecular formula is C14H25N3O.